The Morgan fingerprint density at radius 2 is 2.11 bits per heavy atom. The van der Waals surface area contributed by atoms with E-state index in [1.807, 2.05) is 6.92 Å². The molecule has 2 fully saturated rings. The van der Waals surface area contributed by atoms with Crippen molar-refractivity contribution in [1.29, 1.82) is 0 Å². The number of nitrogens with zero attached hydrogens (tertiary/aromatic N) is 1. The summed E-state index contributed by atoms with van der Waals surface area (Å²) in [6, 6.07) is -0.382. The van der Waals surface area contributed by atoms with Crippen molar-refractivity contribution < 1.29 is 9.59 Å². The van der Waals surface area contributed by atoms with Crippen molar-refractivity contribution in [2.75, 3.05) is 6.54 Å². The topological polar surface area (TPSA) is 49.4 Å². The van der Waals surface area contributed by atoms with Crippen LogP contribution < -0.4 is 5.32 Å². The Kier molecular flexibility index (Phi) is 3.95. The van der Waals surface area contributed by atoms with E-state index in [0.717, 1.165) is 25.7 Å². The van der Waals surface area contributed by atoms with Crippen LogP contribution in [0.4, 0.5) is 0 Å². The Hall–Kier alpha value is -1.03. The molecule has 2 amide bonds. The molecule has 1 heterocycles. The summed E-state index contributed by atoms with van der Waals surface area (Å²) in [5, 5.41) is 2.87. The molecule has 1 saturated heterocycles. The van der Waals surface area contributed by atoms with Crippen LogP contribution in [-0.2, 0) is 9.59 Å². The number of piperazine rings is 1. The summed E-state index contributed by atoms with van der Waals surface area (Å²) in [7, 11) is 0. The molecule has 100 valence electrons. The van der Waals surface area contributed by atoms with Gasteiger partial charge in [0.1, 0.15) is 11.6 Å². The van der Waals surface area contributed by atoms with Crippen molar-refractivity contribution in [2.45, 2.75) is 50.6 Å². The van der Waals surface area contributed by atoms with Gasteiger partial charge >= 0.3 is 0 Å². The zero-order chi connectivity index (χ0) is 13.2. The van der Waals surface area contributed by atoms with Gasteiger partial charge in [0.2, 0.25) is 11.8 Å². The van der Waals surface area contributed by atoms with Crippen molar-refractivity contribution in [2.24, 2.45) is 0 Å². The molecule has 1 aliphatic heterocycles. The highest BCUT2D eigenvalue weighted by Gasteiger charge is 2.52. The smallest absolute Gasteiger partial charge is 0.246 e. The van der Waals surface area contributed by atoms with Crippen LogP contribution >= 0.6 is 11.6 Å². The van der Waals surface area contributed by atoms with Crippen LogP contribution in [-0.4, -0.2) is 34.8 Å². The first-order valence-electron chi connectivity index (χ1n) is 6.53. The van der Waals surface area contributed by atoms with E-state index in [-0.39, 0.29) is 17.9 Å². The third kappa shape index (κ3) is 2.03. The van der Waals surface area contributed by atoms with Crippen LogP contribution in [0.5, 0.6) is 0 Å². The zero-order valence-electron chi connectivity index (χ0n) is 10.6. The Bertz CT molecular complexity index is 375. The Labute approximate surface area is 112 Å². The standard InChI is InChI=1S/C13H19ClN2O2/c1-2-10-11(17)16(9-5-8-14)13(12(18)15-10)6-3-4-7-13/h5,8,10H,2-4,6-7,9H2,1H3,(H,15,18)/b8-5+. The van der Waals surface area contributed by atoms with Crippen LogP contribution in [0.15, 0.2) is 11.6 Å². The monoisotopic (exact) mass is 270 g/mol. The third-order valence-corrected chi connectivity index (χ3v) is 4.20. The summed E-state index contributed by atoms with van der Waals surface area (Å²) in [4.78, 5) is 26.5. The minimum atomic E-state index is -0.626. The van der Waals surface area contributed by atoms with E-state index >= 15 is 0 Å². The number of carbonyl (C=O) groups is 2. The highest BCUT2D eigenvalue weighted by molar-refractivity contribution is 6.25. The number of hydrogen-bond donors (Lipinski definition) is 1. The second-order valence-electron chi connectivity index (χ2n) is 4.98. The lowest BCUT2D eigenvalue weighted by atomic mass is 9.89. The maximum absolute atomic E-state index is 12.4. The SMILES string of the molecule is CCC1NC(=O)C2(CCCC2)N(C/C=C/Cl)C1=O. The quantitative estimate of drug-likeness (QED) is 0.850. The second kappa shape index (κ2) is 5.31. The van der Waals surface area contributed by atoms with Gasteiger partial charge in [-0.05, 0) is 19.3 Å². The van der Waals surface area contributed by atoms with Gasteiger partial charge in [-0.2, -0.15) is 0 Å². The van der Waals surface area contributed by atoms with E-state index < -0.39 is 5.54 Å². The van der Waals surface area contributed by atoms with Gasteiger partial charge in [0.15, 0.2) is 0 Å². The first-order valence-corrected chi connectivity index (χ1v) is 6.97. The molecule has 2 aliphatic rings. The molecule has 0 radical (unpaired) electrons. The van der Waals surface area contributed by atoms with Crippen LogP contribution in [0, 0.1) is 0 Å². The Morgan fingerprint density at radius 1 is 1.44 bits per heavy atom. The molecule has 5 heteroatoms. The van der Waals surface area contributed by atoms with Gasteiger partial charge in [0.05, 0.1) is 0 Å². The lowest BCUT2D eigenvalue weighted by molar-refractivity contribution is -0.156. The van der Waals surface area contributed by atoms with Crippen LogP contribution in [0.1, 0.15) is 39.0 Å². The molecule has 18 heavy (non-hydrogen) atoms. The fraction of sp³-hybridized carbons (Fsp3) is 0.692. The average molecular weight is 271 g/mol. The van der Waals surface area contributed by atoms with Gasteiger partial charge in [-0.15, -0.1) is 0 Å². The summed E-state index contributed by atoms with van der Waals surface area (Å²) < 4.78 is 0. The van der Waals surface area contributed by atoms with Crippen molar-refractivity contribution in [3.63, 3.8) is 0 Å². The van der Waals surface area contributed by atoms with Crippen molar-refractivity contribution in [1.82, 2.24) is 10.2 Å². The van der Waals surface area contributed by atoms with Gasteiger partial charge in [-0.1, -0.05) is 37.4 Å². The van der Waals surface area contributed by atoms with Gasteiger partial charge < -0.3 is 10.2 Å². The number of halogens is 1. The largest absolute Gasteiger partial charge is 0.342 e. The Morgan fingerprint density at radius 3 is 2.67 bits per heavy atom. The van der Waals surface area contributed by atoms with Crippen molar-refractivity contribution in [3.8, 4) is 0 Å². The molecule has 1 aliphatic carbocycles. The summed E-state index contributed by atoms with van der Waals surface area (Å²) >= 11 is 5.55. The van der Waals surface area contributed by atoms with E-state index in [4.69, 9.17) is 11.6 Å². The molecular weight excluding hydrogens is 252 g/mol. The minimum Gasteiger partial charge on any atom is -0.342 e. The molecule has 1 N–H and O–H groups in total. The van der Waals surface area contributed by atoms with E-state index in [2.05, 4.69) is 5.32 Å². The van der Waals surface area contributed by atoms with Crippen LogP contribution in [0.3, 0.4) is 0 Å². The van der Waals surface area contributed by atoms with Crippen molar-refractivity contribution >= 4 is 23.4 Å². The van der Waals surface area contributed by atoms with E-state index in [9.17, 15) is 9.59 Å². The Balaban J connectivity index is 2.30. The highest BCUT2D eigenvalue weighted by atomic mass is 35.5. The lowest BCUT2D eigenvalue weighted by Crippen LogP contribution is -2.69. The molecule has 0 aromatic heterocycles. The van der Waals surface area contributed by atoms with Gasteiger partial charge in [0.25, 0.3) is 0 Å². The fourth-order valence-electron chi connectivity index (χ4n) is 3.02. The van der Waals surface area contributed by atoms with E-state index in [1.54, 1.807) is 11.0 Å². The molecular formula is C13H19ClN2O2. The predicted octanol–water partition coefficient (Wildman–Crippen LogP) is 1.79. The summed E-state index contributed by atoms with van der Waals surface area (Å²) in [5.41, 5.74) is 0.780. The molecule has 0 bridgehead atoms. The molecule has 4 nitrogen and oxygen atoms in total. The lowest BCUT2D eigenvalue weighted by Gasteiger charge is -2.45. The number of rotatable bonds is 3. The summed E-state index contributed by atoms with van der Waals surface area (Å²) in [6.45, 7) is 2.33. The van der Waals surface area contributed by atoms with Gasteiger partial charge in [0, 0.05) is 12.1 Å². The maximum atomic E-state index is 12.4. The van der Waals surface area contributed by atoms with Gasteiger partial charge in [-0.25, -0.2) is 0 Å². The highest BCUT2D eigenvalue weighted by Crippen LogP contribution is 2.38. The zero-order valence-corrected chi connectivity index (χ0v) is 11.4. The number of hydrogen-bond acceptors (Lipinski definition) is 2. The maximum Gasteiger partial charge on any atom is 0.246 e. The number of nitrogens with one attached hydrogen (secondary N) is 1. The molecule has 1 atom stereocenters. The first kappa shape index (κ1) is 13.4. The van der Waals surface area contributed by atoms with Crippen LogP contribution in [0.25, 0.3) is 0 Å². The molecule has 2 rings (SSSR count). The third-order valence-electron chi connectivity index (χ3n) is 4.02. The predicted molar refractivity (Wildman–Crippen MR) is 70.1 cm³/mol. The normalized spacial score (nSPS) is 27.2. The van der Waals surface area contributed by atoms with E-state index in [0.29, 0.717) is 13.0 Å². The van der Waals surface area contributed by atoms with E-state index in [1.165, 1.54) is 5.54 Å². The molecule has 1 saturated carbocycles. The van der Waals surface area contributed by atoms with Crippen LogP contribution in [0.2, 0.25) is 0 Å². The molecule has 0 aromatic carbocycles. The summed E-state index contributed by atoms with van der Waals surface area (Å²) in [6.07, 6.45) is 5.87. The molecule has 0 aromatic rings. The first-order chi connectivity index (χ1) is 8.65. The average Bonchev–Trinajstić information content (AvgIpc) is 2.84. The fourth-order valence-corrected chi connectivity index (χ4v) is 3.10. The summed E-state index contributed by atoms with van der Waals surface area (Å²) in [5.74, 6) is 0.0307. The van der Waals surface area contributed by atoms with Crippen molar-refractivity contribution in [3.05, 3.63) is 11.6 Å². The molecule has 1 unspecified atom stereocenters. The number of carbonyl (C=O) groups excluding carboxylic acids is 2. The minimum absolute atomic E-state index is 0.00872. The molecule has 1 spiro atoms. The number of amides is 2. The second-order valence-corrected chi connectivity index (χ2v) is 5.24. The van der Waals surface area contributed by atoms with Gasteiger partial charge in [-0.3, -0.25) is 9.59 Å².